The third-order valence-electron chi connectivity index (χ3n) is 8.16. The van der Waals surface area contributed by atoms with Gasteiger partial charge in [0.25, 0.3) is 5.91 Å². The second kappa shape index (κ2) is 11.6. The summed E-state index contributed by atoms with van der Waals surface area (Å²) in [7, 11) is 1.40. The Morgan fingerprint density at radius 2 is 1.62 bits per heavy atom. The molecule has 0 N–H and O–H groups in total. The van der Waals surface area contributed by atoms with E-state index < -0.39 is 0 Å². The zero-order valence-electron chi connectivity index (χ0n) is 23.1. The normalized spacial score (nSPS) is 21.9. The molecule has 0 spiro atoms. The Morgan fingerprint density at radius 1 is 0.973 bits per heavy atom. The number of esters is 1. The lowest BCUT2D eigenvalue weighted by atomic mass is 9.76. The van der Waals surface area contributed by atoms with E-state index in [9.17, 15) is 9.59 Å². The maximum atomic E-state index is 14.2. The molecule has 1 heterocycles. The number of nitrogens with zero attached hydrogens (tertiary/aromatic N) is 2. The van der Waals surface area contributed by atoms with Crippen molar-refractivity contribution in [2.75, 3.05) is 20.2 Å². The van der Waals surface area contributed by atoms with E-state index in [0.29, 0.717) is 11.0 Å². The smallest absolute Gasteiger partial charge is 0.337 e. The van der Waals surface area contributed by atoms with E-state index >= 15 is 0 Å². The fourth-order valence-corrected chi connectivity index (χ4v) is 5.79. The molecule has 2 atom stereocenters. The van der Waals surface area contributed by atoms with Crippen LogP contribution in [0.1, 0.15) is 91.6 Å². The highest BCUT2D eigenvalue weighted by atomic mass is 16.5. The molecule has 198 valence electrons. The minimum atomic E-state index is -0.316. The number of hydrogen-bond acceptors (Lipinski definition) is 4. The van der Waals surface area contributed by atoms with Crippen molar-refractivity contribution in [1.82, 2.24) is 9.80 Å². The van der Waals surface area contributed by atoms with Crippen LogP contribution < -0.4 is 0 Å². The topological polar surface area (TPSA) is 49.9 Å². The van der Waals surface area contributed by atoms with E-state index in [0.717, 1.165) is 68.4 Å². The fourth-order valence-electron chi connectivity index (χ4n) is 5.79. The summed E-state index contributed by atoms with van der Waals surface area (Å²) in [4.78, 5) is 30.6. The summed E-state index contributed by atoms with van der Waals surface area (Å²) in [5.41, 5.74) is 5.33. The van der Waals surface area contributed by atoms with Gasteiger partial charge < -0.3 is 9.64 Å². The van der Waals surface area contributed by atoms with Crippen LogP contribution in [0.2, 0.25) is 0 Å². The maximum absolute atomic E-state index is 14.2. The number of ether oxygens (including phenoxy) is 1. The van der Waals surface area contributed by atoms with Crippen molar-refractivity contribution in [3.8, 4) is 0 Å². The molecule has 1 fully saturated rings. The van der Waals surface area contributed by atoms with Crippen LogP contribution in [0.15, 0.2) is 54.6 Å². The van der Waals surface area contributed by atoms with Gasteiger partial charge >= 0.3 is 5.97 Å². The monoisotopic (exact) mass is 502 g/mol. The number of piperazine rings is 1. The summed E-state index contributed by atoms with van der Waals surface area (Å²) >= 11 is 0. The second-order valence-electron chi connectivity index (χ2n) is 11.4. The first-order valence-electron chi connectivity index (χ1n) is 13.8. The van der Waals surface area contributed by atoms with Gasteiger partial charge in [-0.15, -0.1) is 0 Å². The van der Waals surface area contributed by atoms with Crippen LogP contribution in [-0.4, -0.2) is 54.0 Å². The van der Waals surface area contributed by atoms with Crippen molar-refractivity contribution < 1.29 is 14.3 Å². The van der Waals surface area contributed by atoms with Gasteiger partial charge in [0.15, 0.2) is 0 Å². The molecule has 0 bridgehead atoms. The van der Waals surface area contributed by atoms with Gasteiger partial charge in [-0.3, -0.25) is 9.69 Å². The number of amides is 1. The lowest BCUT2D eigenvalue weighted by molar-refractivity contribution is 0.0154. The van der Waals surface area contributed by atoms with Gasteiger partial charge in [-0.2, -0.15) is 0 Å². The summed E-state index contributed by atoms with van der Waals surface area (Å²) < 4.78 is 4.82. The molecule has 0 saturated carbocycles. The number of carbonyl (C=O) groups excluding carboxylic acids is 2. The molecular formula is C32H42N2O3. The van der Waals surface area contributed by atoms with E-state index in [2.05, 4.69) is 55.7 Å². The number of rotatable bonds is 7. The molecule has 1 amide bonds. The quantitative estimate of drug-likeness (QED) is 0.401. The Bertz CT molecular complexity index is 1120. The zero-order chi connectivity index (χ0) is 26.6. The van der Waals surface area contributed by atoms with Crippen LogP contribution >= 0.6 is 0 Å². The molecule has 1 aliphatic carbocycles. The molecular weight excluding hydrogens is 460 g/mol. The average Bonchev–Trinajstić information content (AvgIpc) is 2.92. The first-order chi connectivity index (χ1) is 17.8. The molecule has 0 aromatic heterocycles. The van der Waals surface area contributed by atoms with Gasteiger partial charge in [0.05, 0.1) is 12.7 Å². The maximum Gasteiger partial charge on any atom is 0.337 e. The minimum Gasteiger partial charge on any atom is -0.465 e. The summed E-state index contributed by atoms with van der Waals surface area (Å²) in [6.45, 7) is 11.5. The van der Waals surface area contributed by atoms with Crippen molar-refractivity contribution in [2.45, 2.75) is 78.4 Å². The van der Waals surface area contributed by atoms with Crippen LogP contribution in [0.3, 0.4) is 0 Å². The standard InChI is InChI=1S/C32H42N2O3/c1-6-26-21-33(20-23-12-14-25(15-13-23)31(36)37-5)22-27(7-2)34(26)30(35)29-11-9-8-10-28(29)24-16-18-32(3,4)19-17-24/h8-16,26-27H,6-7,17-22H2,1-5H3/t26-,27+. The molecule has 5 heteroatoms. The summed E-state index contributed by atoms with van der Waals surface area (Å²) in [5, 5.41) is 0. The Hall–Kier alpha value is -2.92. The van der Waals surface area contributed by atoms with Crippen LogP contribution in [-0.2, 0) is 11.3 Å². The van der Waals surface area contributed by atoms with Gasteiger partial charge in [0.1, 0.15) is 0 Å². The SMILES string of the molecule is CC[C@@H]1CN(Cc2ccc(C(=O)OC)cc2)C[C@H](CC)N1C(=O)c1ccccc1C1=CCC(C)(C)CC1. The van der Waals surface area contributed by atoms with E-state index in [1.807, 2.05) is 36.4 Å². The lowest BCUT2D eigenvalue weighted by Gasteiger charge is -2.47. The van der Waals surface area contributed by atoms with Crippen molar-refractivity contribution in [2.24, 2.45) is 5.41 Å². The summed E-state index contributed by atoms with van der Waals surface area (Å²) in [6, 6.07) is 16.2. The van der Waals surface area contributed by atoms with Gasteiger partial charge in [0.2, 0.25) is 0 Å². The minimum absolute atomic E-state index is 0.160. The van der Waals surface area contributed by atoms with Gasteiger partial charge in [0, 0.05) is 37.3 Å². The van der Waals surface area contributed by atoms with Crippen LogP contribution in [0.4, 0.5) is 0 Å². The van der Waals surface area contributed by atoms with Crippen molar-refractivity contribution in [3.05, 3.63) is 76.9 Å². The molecule has 4 rings (SSSR count). The molecule has 2 aromatic carbocycles. The second-order valence-corrected chi connectivity index (χ2v) is 11.4. The number of carbonyl (C=O) groups is 2. The number of allylic oxidation sites excluding steroid dienone is 2. The van der Waals surface area contributed by atoms with Crippen LogP contribution in [0, 0.1) is 5.41 Å². The molecule has 0 unspecified atom stereocenters. The fraction of sp³-hybridized carbons (Fsp3) is 0.500. The number of benzene rings is 2. The van der Waals surface area contributed by atoms with Gasteiger partial charge in [-0.05, 0) is 72.4 Å². The van der Waals surface area contributed by atoms with E-state index in [-0.39, 0.29) is 24.0 Å². The highest BCUT2D eigenvalue weighted by Crippen LogP contribution is 2.39. The Kier molecular flexibility index (Phi) is 8.53. The van der Waals surface area contributed by atoms with Crippen LogP contribution in [0.25, 0.3) is 5.57 Å². The van der Waals surface area contributed by atoms with E-state index in [1.165, 1.54) is 12.7 Å². The van der Waals surface area contributed by atoms with E-state index in [4.69, 9.17) is 4.74 Å². The zero-order valence-corrected chi connectivity index (χ0v) is 23.1. The molecule has 2 aromatic rings. The Balaban J connectivity index is 1.53. The first kappa shape index (κ1) is 27.1. The largest absolute Gasteiger partial charge is 0.465 e. The highest BCUT2D eigenvalue weighted by molar-refractivity contribution is 5.99. The predicted octanol–water partition coefficient (Wildman–Crippen LogP) is 6.58. The predicted molar refractivity (Wildman–Crippen MR) is 149 cm³/mol. The van der Waals surface area contributed by atoms with Crippen molar-refractivity contribution >= 4 is 17.4 Å². The van der Waals surface area contributed by atoms with Gasteiger partial charge in [-0.1, -0.05) is 64.1 Å². The molecule has 1 saturated heterocycles. The first-order valence-corrected chi connectivity index (χ1v) is 13.8. The Morgan fingerprint density at radius 3 is 2.19 bits per heavy atom. The summed E-state index contributed by atoms with van der Waals surface area (Å²) in [6.07, 6.45) is 7.41. The molecule has 37 heavy (non-hydrogen) atoms. The van der Waals surface area contributed by atoms with Crippen LogP contribution in [0.5, 0.6) is 0 Å². The number of hydrogen-bond donors (Lipinski definition) is 0. The van der Waals surface area contributed by atoms with Crippen molar-refractivity contribution in [3.63, 3.8) is 0 Å². The third kappa shape index (κ3) is 6.15. The number of methoxy groups -OCH3 is 1. The molecule has 0 radical (unpaired) electrons. The molecule has 5 nitrogen and oxygen atoms in total. The van der Waals surface area contributed by atoms with Gasteiger partial charge in [-0.25, -0.2) is 4.79 Å². The Labute approximate surface area is 222 Å². The summed E-state index contributed by atoms with van der Waals surface area (Å²) in [5.74, 6) is -0.147. The third-order valence-corrected chi connectivity index (χ3v) is 8.16. The van der Waals surface area contributed by atoms with E-state index in [1.54, 1.807) is 0 Å². The molecule has 1 aliphatic heterocycles. The lowest BCUT2D eigenvalue weighted by Crippen LogP contribution is -2.60. The molecule has 2 aliphatic rings. The average molecular weight is 503 g/mol. The van der Waals surface area contributed by atoms with Crippen molar-refractivity contribution in [1.29, 1.82) is 0 Å². The highest BCUT2D eigenvalue weighted by Gasteiger charge is 2.37.